The van der Waals surface area contributed by atoms with E-state index in [9.17, 15) is 5.11 Å². The molecule has 0 aliphatic heterocycles. The van der Waals surface area contributed by atoms with Crippen molar-refractivity contribution in [3.8, 4) is 0 Å². The van der Waals surface area contributed by atoms with Crippen LogP contribution in [0.3, 0.4) is 0 Å². The molecule has 0 spiro atoms. The lowest BCUT2D eigenvalue weighted by Crippen LogP contribution is -2.67. The Bertz CT molecular complexity index is 940. The molecular formula is C25H29BrClNO2Si. The van der Waals surface area contributed by atoms with Crippen molar-refractivity contribution in [2.45, 2.75) is 44.8 Å². The van der Waals surface area contributed by atoms with E-state index in [1.165, 1.54) is 10.4 Å². The van der Waals surface area contributed by atoms with Gasteiger partial charge in [-0.1, -0.05) is 93.0 Å². The summed E-state index contributed by atoms with van der Waals surface area (Å²) in [5.41, 5.74) is 1.03. The monoisotopic (exact) mass is 517 g/mol. The lowest BCUT2D eigenvalue weighted by Gasteiger charge is -2.43. The van der Waals surface area contributed by atoms with Gasteiger partial charge in [0.25, 0.3) is 8.32 Å². The molecule has 6 heteroatoms. The van der Waals surface area contributed by atoms with Gasteiger partial charge in [0, 0.05) is 10.7 Å². The lowest BCUT2D eigenvalue weighted by molar-refractivity contribution is 0.0953. The summed E-state index contributed by atoms with van der Waals surface area (Å²) in [4.78, 5) is 4.07. The maximum Gasteiger partial charge on any atom is 0.261 e. The van der Waals surface area contributed by atoms with Gasteiger partial charge in [0.15, 0.2) is 0 Å². The van der Waals surface area contributed by atoms with Crippen LogP contribution in [0.25, 0.3) is 0 Å². The zero-order chi connectivity index (χ0) is 22.5. The molecule has 31 heavy (non-hydrogen) atoms. The Balaban J connectivity index is 1.84. The third-order valence-corrected chi connectivity index (χ3v) is 11.5. The van der Waals surface area contributed by atoms with E-state index in [2.05, 4.69) is 90.2 Å². The topological polar surface area (TPSA) is 42.4 Å². The first kappa shape index (κ1) is 24.1. The smallest absolute Gasteiger partial charge is 0.261 e. The van der Waals surface area contributed by atoms with Crippen LogP contribution >= 0.6 is 27.5 Å². The minimum absolute atomic E-state index is 0.114. The van der Waals surface area contributed by atoms with Crippen molar-refractivity contribution in [3.63, 3.8) is 0 Å². The quantitative estimate of drug-likeness (QED) is 0.322. The van der Waals surface area contributed by atoms with E-state index < -0.39 is 14.4 Å². The molecule has 1 atom stereocenters. The van der Waals surface area contributed by atoms with Gasteiger partial charge in [0.1, 0.15) is 5.15 Å². The zero-order valence-corrected chi connectivity index (χ0v) is 21.5. The van der Waals surface area contributed by atoms with Gasteiger partial charge in [0.05, 0.1) is 12.7 Å². The molecule has 1 unspecified atom stereocenters. The summed E-state index contributed by atoms with van der Waals surface area (Å²) < 4.78 is 7.71. The van der Waals surface area contributed by atoms with Gasteiger partial charge in [-0.05, 0) is 55.8 Å². The van der Waals surface area contributed by atoms with Gasteiger partial charge >= 0.3 is 0 Å². The second-order valence-electron chi connectivity index (χ2n) is 8.77. The molecule has 0 fully saturated rings. The number of aliphatic hydroxyl groups is 1. The predicted molar refractivity (Wildman–Crippen MR) is 135 cm³/mol. The first-order valence-electron chi connectivity index (χ1n) is 10.5. The van der Waals surface area contributed by atoms with Gasteiger partial charge in [-0.15, -0.1) is 0 Å². The lowest BCUT2D eigenvalue weighted by atomic mass is 10.1. The Hall–Kier alpha value is -1.50. The van der Waals surface area contributed by atoms with Gasteiger partial charge in [0.2, 0.25) is 0 Å². The van der Waals surface area contributed by atoms with E-state index in [4.69, 9.17) is 16.0 Å². The predicted octanol–water partition coefficient (Wildman–Crippen LogP) is 5.37. The Morgan fingerprint density at radius 1 is 1.03 bits per heavy atom. The fourth-order valence-electron chi connectivity index (χ4n) is 4.03. The summed E-state index contributed by atoms with van der Waals surface area (Å²) in [7, 11) is -2.64. The number of aromatic nitrogens is 1. The van der Waals surface area contributed by atoms with Crippen LogP contribution in [-0.2, 0) is 10.8 Å². The van der Waals surface area contributed by atoms with Crippen LogP contribution in [0.4, 0.5) is 0 Å². The third-order valence-electron chi connectivity index (χ3n) is 5.56. The fraction of sp³-hybridized carbons (Fsp3) is 0.320. The Kier molecular flexibility index (Phi) is 8.11. The van der Waals surface area contributed by atoms with Crippen molar-refractivity contribution in [3.05, 3.63) is 88.1 Å². The van der Waals surface area contributed by atoms with E-state index in [1.807, 2.05) is 18.2 Å². The molecule has 0 bridgehead atoms. The average molecular weight is 519 g/mol. The Labute approximate surface area is 199 Å². The molecule has 0 radical (unpaired) electrons. The molecule has 0 aliphatic carbocycles. The molecule has 0 aliphatic rings. The van der Waals surface area contributed by atoms with Crippen molar-refractivity contribution >= 4 is 46.2 Å². The summed E-state index contributed by atoms with van der Waals surface area (Å²) in [6.07, 6.45) is 2.38. The number of hydrogen-bond donors (Lipinski definition) is 1. The maximum absolute atomic E-state index is 10.8. The Morgan fingerprint density at radius 2 is 1.58 bits per heavy atom. The average Bonchev–Trinajstić information content (AvgIpc) is 2.75. The van der Waals surface area contributed by atoms with Crippen LogP contribution in [0, 0.1) is 0 Å². The van der Waals surface area contributed by atoms with Gasteiger partial charge in [-0.25, -0.2) is 4.98 Å². The number of hydrogen-bond acceptors (Lipinski definition) is 3. The van der Waals surface area contributed by atoms with Crippen molar-refractivity contribution in [1.29, 1.82) is 0 Å². The first-order valence-corrected chi connectivity index (χ1v) is 13.5. The van der Waals surface area contributed by atoms with Gasteiger partial charge < -0.3 is 9.53 Å². The van der Waals surface area contributed by atoms with Crippen LogP contribution in [0.5, 0.6) is 0 Å². The van der Waals surface area contributed by atoms with E-state index in [1.54, 1.807) is 6.20 Å². The molecule has 0 saturated carbocycles. The van der Waals surface area contributed by atoms with E-state index in [0.717, 1.165) is 10.0 Å². The van der Waals surface area contributed by atoms with Gasteiger partial charge in [-0.2, -0.15) is 0 Å². The van der Waals surface area contributed by atoms with Crippen molar-refractivity contribution in [2.75, 3.05) is 6.61 Å². The molecule has 0 saturated heterocycles. The SMILES string of the molecule is CC(C)(C)[Si](OCC(O)CCc1cc(Cl)ncc1Br)(c1ccccc1)c1ccccc1. The molecule has 3 nitrogen and oxygen atoms in total. The zero-order valence-electron chi connectivity index (χ0n) is 18.2. The van der Waals surface area contributed by atoms with Crippen LogP contribution in [0.15, 0.2) is 77.4 Å². The molecule has 0 amide bonds. The van der Waals surface area contributed by atoms with Crippen molar-refractivity contribution in [1.82, 2.24) is 4.98 Å². The summed E-state index contributed by atoms with van der Waals surface area (Å²) in [6, 6.07) is 22.8. The highest BCUT2D eigenvalue weighted by Gasteiger charge is 2.50. The molecule has 164 valence electrons. The first-order chi connectivity index (χ1) is 14.7. The fourth-order valence-corrected chi connectivity index (χ4v) is 9.22. The molecular weight excluding hydrogens is 490 g/mol. The maximum atomic E-state index is 10.8. The molecule has 3 aromatic rings. The van der Waals surface area contributed by atoms with E-state index in [0.29, 0.717) is 18.0 Å². The van der Waals surface area contributed by atoms with E-state index in [-0.39, 0.29) is 11.6 Å². The minimum Gasteiger partial charge on any atom is -0.405 e. The van der Waals surface area contributed by atoms with Crippen LogP contribution in [-0.4, -0.2) is 31.1 Å². The number of aliphatic hydroxyl groups excluding tert-OH is 1. The summed E-state index contributed by atoms with van der Waals surface area (Å²) >= 11 is 9.54. The van der Waals surface area contributed by atoms with Crippen LogP contribution in [0.2, 0.25) is 10.2 Å². The number of aryl methyl sites for hydroxylation is 1. The molecule has 1 heterocycles. The minimum atomic E-state index is -2.64. The molecule has 1 N–H and O–H groups in total. The molecule has 3 rings (SSSR count). The second kappa shape index (κ2) is 10.4. The standard InChI is InChI=1S/C25H29BrClNO2Si/c1-25(2,3)31(21-10-6-4-7-11-21,22-12-8-5-9-13-22)30-18-20(29)15-14-19-16-24(27)28-17-23(19)26/h4-13,16-17,20,29H,14-15,18H2,1-3H3. The second-order valence-corrected chi connectivity index (χ2v) is 14.3. The van der Waals surface area contributed by atoms with Gasteiger partial charge in [-0.3, -0.25) is 0 Å². The summed E-state index contributed by atoms with van der Waals surface area (Å²) in [5.74, 6) is 0. The highest BCUT2D eigenvalue weighted by atomic mass is 79.9. The van der Waals surface area contributed by atoms with Crippen LogP contribution < -0.4 is 10.4 Å². The number of benzene rings is 2. The highest BCUT2D eigenvalue weighted by Crippen LogP contribution is 2.37. The molecule has 1 aromatic heterocycles. The third kappa shape index (κ3) is 5.65. The highest BCUT2D eigenvalue weighted by molar-refractivity contribution is 9.10. The largest absolute Gasteiger partial charge is 0.405 e. The number of pyridine rings is 1. The van der Waals surface area contributed by atoms with Crippen molar-refractivity contribution in [2.24, 2.45) is 0 Å². The number of nitrogens with zero attached hydrogens (tertiary/aromatic N) is 1. The normalized spacial score (nSPS) is 13.2. The van der Waals surface area contributed by atoms with Crippen molar-refractivity contribution < 1.29 is 9.53 Å². The van der Waals surface area contributed by atoms with Crippen LogP contribution in [0.1, 0.15) is 32.8 Å². The summed E-state index contributed by atoms with van der Waals surface area (Å²) in [6.45, 7) is 6.99. The summed E-state index contributed by atoms with van der Waals surface area (Å²) in [5, 5.41) is 13.6. The molecule has 2 aromatic carbocycles. The van der Waals surface area contributed by atoms with E-state index >= 15 is 0 Å². The Morgan fingerprint density at radius 3 is 2.10 bits per heavy atom. The number of rotatable bonds is 8. The number of halogens is 2.